The summed E-state index contributed by atoms with van der Waals surface area (Å²) in [7, 11) is 0. The summed E-state index contributed by atoms with van der Waals surface area (Å²) in [5, 5.41) is 8.46. The largest absolute Gasteiger partial charge is 0.464 e. The van der Waals surface area contributed by atoms with Crippen molar-refractivity contribution < 1.29 is 19.4 Å². The zero-order chi connectivity index (χ0) is 10.6. The van der Waals surface area contributed by atoms with Gasteiger partial charge in [-0.05, 0) is 19.8 Å². The van der Waals surface area contributed by atoms with Gasteiger partial charge in [0, 0.05) is 6.61 Å². The fourth-order valence-electron chi connectivity index (χ4n) is 0.820. The molecule has 0 atom stereocenters. The van der Waals surface area contributed by atoms with Gasteiger partial charge >= 0.3 is 5.97 Å². The summed E-state index contributed by atoms with van der Waals surface area (Å²) in [5.41, 5.74) is 0. The van der Waals surface area contributed by atoms with Gasteiger partial charge in [0.1, 0.15) is 6.61 Å². The summed E-state index contributed by atoms with van der Waals surface area (Å²) in [4.78, 5) is 10.8. The Kier molecular flexibility index (Phi) is 9.58. The maximum Gasteiger partial charge on any atom is 0.332 e. The third-order valence-corrected chi connectivity index (χ3v) is 1.42. The molecule has 0 aromatic carbocycles. The van der Waals surface area contributed by atoms with E-state index in [1.165, 1.54) is 0 Å². The van der Waals surface area contributed by atoms with Crippen LogP contribution in [0.5, 0.6) is 0 Å². The standard InChI is InChI=1S/C10H18O4/c1-2-14-10(12)9-13-8-6-4-3-5-7-11/h3-4,11H,2,5-9H2,1H3/b4-3+. The van der Waals surface area contributed by atoms with Gasteiger partial charge in [0.25, 0.3) is 0 Å². The number of aliphatic hydroxyl groups is 1. The van der Waals surface area contributed by atoms with Gasteiger partial charge in [-0.1, -0.05) is 12.2 Å². The van der Waals surface area contributed by atoms with Crippen LogP contribution < -0.4 is 0 Å². The Morgan fingerprint density at radius 3 is 2.71 bits per heavy atom. The van der Waals surface area contributed by atoms with E-state index >= 15 is 0 Å². The molecule has 82 valence electrons. The molecule has 0 amide bonds. The number of carbonyl (C=O) groups is 1. The lowest BCUT2D eigenvalue weighted by Crippen LogP contribution is -2.12. The van der Waals surface area contributed by atoms with Gasteiger partial charge in [-0.25, -0.2) is 4.79 Å². The van der Waals surface area contributed by atoms with Crippen molar-refractivity contribution in [2.24, 2.45) is 0 Å². The fraction of sp³-hybridized carbons (Fsp3) is 0.700. The molecule has 0 aromatic heterocycles. The lowest BCUT2D eigenvalue weighted by Gasteiger charge is -2.01. The molecule has 4 heteroatoms. The van der Waals surface area contributed by atoms with Crippen LogP contribution in [0.4, 0.5) is 0 Å². The minimum atomic E-state index is -0.327. The van der Waals surface area contributed by atoms with Gasteiger partial charge in [-0.3, -0.25) is 0 Å². The van der Waals surface area contributed by atoms with Gasteiger partial charge in [0.05, 0.1) is 13.2 Å². The van der Waals surface area contributed by atoms with E-state index in [-0.39, 0.29) is 19.2 Å². The van der Waals surface area contributed by atoms with Crippen LogP contribution in [0.3, 0.4) is 0 Å². The second kappa shape index (κ2) is 10.2. The first-order chi connectivity index (χ1) is 6.81. The Hall–Kier alpha value is -0.870. The first-order valence-corrected chi connectivity index (χ1v) is 4.80. The summed E-state index contributed by atoms with van der Waals surface area (Å²) in [5.74, 6) is -0.327. The van der Waals surface area contributed by atoms with Crippen molar-refractivity contribution in [1.29, 1.82) is 0 Å². The van der Waals surface area contributed by atoms with Gasteiger partial charge < -0.3 is 14.6 Å². The third kappa shape index (κ3) is 9.22. The van der Waals surface area contributed by atoms with Crippen LogP contribution in [0.1, 0.15) is 19.8 Å². The van der Waals surface area contributed by atoms with Crippen molar-refractivity contribution in [1.82, 2.24) is 0 Å². The van der Waals surface area contributed by atoms with E-state index < -0.39 is 0 Å². The Morgan fingerprint density at radius 1 is 1.36 bits per heavy atom. The number of ether oxygens (including phenoxy) is 2. The molecule has 0 aromatic rings. The maximum absolute atomic E-state index is 10.8. The van der Waals surface area contributed by atoms with Crippen molar-refractivity contribution in [2.45, 2.75) is 19.8 Å². The van der Waals surface area contributed by atoms with Crippen molar-refractivity contribution >= 4 is 5.97 Å². The number of hydrogen-bond acceptors (Lipinski definition) is 4. The molecule has 0 radical (unpaired) electrons. The number of hydrogen-bond donors (Lipinski definition) is 1. The highest BCUT2D eigenvalue weighted by atomic mass is 16.6. The van der Waals surface area contributed by atoms with Gasteiger partial charge in [0.15, 0.2) is 0 Å². The van der Waals surface area contributed by atoms with Crippen LogP contribution >= 0.6 is 0 Å². The molecule has 0 spiro atoms. The molecule has 0 aliphatic rings. The topological polar surface area (TPSA) is 55.8 Å². The Morgan fingerprint density at radius 2 is 2.07 bits per heavy atom. The summed E-state index contributed by atoms with van der Waals surface area (Å²) < 4.78 is 9.71. The van der Waals surface area contributed by atoms with Crippen LogP contribution in [0.25, 0.3) is 0 Å². The second-order valence-corrected chi connectivity index (χ2v) is 2.63. The molecule has 0 aliphatic heterocycles. The van der Waals surface area contributed by atoms with E-state index in [2.05, 4.69) is 4.74 Å². The highest BCUT2D eigenvalue weighted by molar-refractivity contribution is 5.70. The molecule has 0 aliphatic carbocycles. The molecule has 0 fully saturated rings. The van der Waals surface area contributed by atoms with E-state index in [1.54, 1.807) is 6.92 Å². The molecule has 14 heavy (non-hydrogen) atoms. The number of rotatable bonds is 8. The quantitative estimate of drug-likeness (QED) is 0.361. The van der Waals surface area contributed by atoms with E-state index in [4.69, 9.17) is 9.84 Å². The minimum absolute atomic E-state index is 0.0156. The summed E-state index contributed by atoms with van der Waals surface area (Å²) in [6, 6.07) is 0. The van der Waals surface area contributed by atoms with Gasteiger partial charge in [0.2, 0.25) is 0 Å². The smallest absolute Gasteiger partial charge is 0.332 e. The number of aliphatic hydroxyl groups excluding tert-OH is 1. The van der Waals surface area contributed by atoms with Crippen LogP contribution in [0.2, 0.25) is 0 Å². The van der Waals surface area contributed by atoms with Crippen molar-refractivity contribution in [2.75, 3.05) is 26.4 Å². The van der Waals surface area contributed by atoms with Crippen molar-refractivity contribution in [3.8, 4) is 0 Å². The predicted molar refractivity (Wildman–Crippen MR) is 52.9 cm³/mol. The summed E-state index contributed by atoms with van der Waals surface area (Å²) in [6.07, 6.45) is 5.21. The first-order valence-electron chi connectivity index (χ1n) is 4.80. The van der Waals surface area contributed by atoms with E-state index in [1.807, 2.05) is 12.2 Å². The highest BCUT2D eigenvalue weighted by Crippen LogP contribution is 1.89. The maximum atomic E-state index is 10.8. The Labute approximate surface area is 84.5 Å². The summed E-state index contributed by atoms with van der Waals surface area (Å²) in [6.45, 7) is 2.83. The SMILES string of the molecule is CCOC(=O)COCC/C=C/CCO. The number of esters is 1. The van der Waals surface area contributed by atoms with E-state index in [0.29, 0.717) is 19.6 Å². The predicted octanol–water partition coefficient (Wildman–Crippen LogP) is 0.895. The molecule has 1 N–H and O–H groups in total. The zero-order valence-corrected chi connectivity index (χ0v) is 8.57. The molecule has 0 heterocycles. The Bertz CT molecular complexity index is 166. The Balaban J connectivity index is 3.16. The molecule has 0 saturated carbocycles. The van der Waals surface area contributed by atoms with Crippen molar-refractivity contribution in [3.63, 3.8) is 0 Å². The molecule has 0 unspecified atom stereocenters. The minimum Gasteiger partial charge on any atom is -0.464 e. The second-order valence-electron chi connectivity index (χ2n) is 2.63. The molecular weight excluding hydrogens is 184 g/mol. The average molecular weight is 202 g/mol. The first kappa shape index (κ1) is 13.1. The zero-order valence-electron chi connectivity index (χ0n) is 8.57. The number of carbonyl (C=O) groups excluding carboxylic acids is 1. The van der Waals surface area contributed by atoms with Gasteiger partial charge in [-0.15, -0.1) is 0 Å². The molecule has 0 saturated heterocycles. The van der Waals surface area contributed by atoms with E-state index in [9.17, 15) is 4.79 Å². The normalized spacial score (nSPS) is 10.7. The van der Waals surface area contributed by atoms with Gasteiger partial charge in [-0.2, -0.15) is 0 Å². The van der Waals surface area contributed by atoms with Crippen molar-refractivity contribution in [3.05, 3.63) is 12.2 Å². The summed E-state index contributed by atoms with van der Waals surface area (Å²) >= 11 is 0. The molecular formula is C10H18O4. The third-order valence-electron chi connectivity index (χ3n) is 1.42. The van der Waals surface area contributed by atoms with Crippen LogP contribution in [-0.4, -0.2) is 37.5 Å². The van der Waals surface area contributed by atoms with E-state index in [0.717, 1.165) is 6.42 Å². The lowest BCUT2D eigenvalue weighted by molar-refractivity contribution is -0.148. The molecule has 0 rings (SSSR count). The average Bonchev–Trinajstić information content (AvgIpc) is 2.17. The molecule has 4 nitrogen and oxygen atoms in total. The molecule has 0 bridgehead atoms. The fourth-order valence-corrected chi connectivity index (χ4v) is 0.820. The lowest BCUT2D eigenvalue weighted by atomic mass is 10.3. The highest BCUT2D eigenvalue weighted by Gasteiger charge is 1.99. The monoisotopic (exact) mass is 202 g/mol. The van der Waals surface area contributed by atoms with Crippen LogP contribution in [0, 0.1) is 0 Å². The van der Waals surface area contributed by atoms with Crippen LogP contribution in [-0.2, 0) is 14.3 Å². The van der Waals surface area contributed by atoms with Crippen LogP contribution in [0.15, 0.2) is 12.2 Å².